The highest BCUT2D eigenvalue weighted by Crippen LogP contribution is 2.14. The molecule has 2 aromatic carbocycles. The standard InChI is InChI=1S/C11H11P/c1-12-11-7-6-9-4-2-3-5-10(9)8-11/h2-8,12H,1H3. The maximum atomic E-state index is 2.27. The van der Waals surface area contributed by atoms with Gasteiger partial charge in [0, 0.05) is 0 Å². The van der Waals surface area contributed by atoms with Crippen LogP contribution < -0.4 is 5.30 Å². The van der Waals surface area contributed by atoms with E-state index in [9.17, 15) is 0 Å². The van der Waals surface area contributed by atoms with E-state index in [4.69, 9.17) is 0 Å². The molecule has 1 atom stereocenters. The van der Waals surface area contributed by atoms with E-state index >= 15 is 0 Å². The Morgan fingerprint density at radius 1 is 0.917 bits per heavy atom. The molecular weight excluding hydrogens is 163 g/mol. The van der Waals surface area contributed by atoms with Gasteiger partial charge in [-0.05, 0) is 28.8 Å². The molecule has 0 aliphatic carbocycles. The SMILES string of the molecule is CPc1ccc2ccccc2c1. The fourth-order valence-electron chi connectivity index (χ4n) is 1.34. The maximum absolute atomic E-state index is 2.27. The highest BCUT2D eigenvalue weighted by atomic mass is 31.1. The van der Waals surface area contributed by atoms with Crippen LogP contribution >= 0.6 is 8.58 Å². The molecule has 1 unspecified atom stereocenters. The van der Waals surface area contributed by atoms with E-state index in [1.54, 1.807) is 0 Å². The normalized spacial score (nSPS) is 11.4. The van der Waals surface area contributed by atoms with Crippen LogP contribution in [-0.2, 0) is 0 Å². The molecule has 0 aromatic heterocycles. The van der Waals surface area contributed by atoms with E-state index in [0.29, 0.717) is 0 Å². The first-order valence-electron chi connectivity index (χ1n) is 4.07. The van der Waals surface area contributed by atoms with Gasteiger partial charge in [0.05, 0.1) is 0 Å². The van der Waals surface area contributed by atoms with Crippen molar-refractivity contribution in [2.45, 2.75) is 0 Å². The summed E-state index contributed by atoms with van der Waals surface area (Å²) in [7, 11) is 0.893. The van der Waals surface area contributed by atoms with Crippen LogP contribution in [0.25, 0.3) is 10.8 Å². The number of fused-ring (bicyclic) bond motifs is 1. The Bertz CT molecular complexity index is 393. The summed E-state index contributed by atoms with van der Waals surface area (Å²) in [5.41, 5.74) is 0. The number of benzene rings is 2. The minimum atomic E-state index is 0.893. The van der Waals surface area contributed by atoms with E-state index < -0.39 is 0 Å². The summed E-state index contributed by atoms with van der Waals surface area (Å²) in [4.78, 5) is 0. The number of hydrogen-bond donors (Lipinski definition) is 0. The van der Waals surface area contributed by atoms with Gasteiger partial charge in [-0.15, -0.1) is 0 Å². The van der Waals surface area contributed by atoms with Crippen molar-refractivity contribution in [2.24, 2.45) is 0 Å². The van der Waals surface area contributed by atoms with Crippen LogP contribution in [0.3, 0.4) is 0 Å². The lowest BCUT2D eigenvalue weighted by Crippen LogP contribution is -1.90. The molecule has 0 nitrogen and oxygen atoms in total. The van der Waals surface area contributed by atoms with Crippen LogP contribution in [0.2, 0.25) is 0 Å². The summed E-state index contributed by atoms with van der Waals surface area (Å²) < 4.78 is 0. The molecule has 0 heterocycles. The molecule has 1 heteroatoms. The average molecular weight is 174 g/mol. The molecule has 2 aromatic rings. The molecule has 0 radical (unpaired) electrons. The van der Waals surface area contributed by atoms with Gasteiger partial charge in [0.1, 0.15) is 0 Å². The van der Waals surface area contributed by atoms with Gasteiger partial charge in [-0.3, -0.25) is 0 Å². The van der Waals surface area contributed by atoms with Crippen molar-refractivity contribution in [2.75, 3.05) is 6.66 Å². The molecule has 0 bridgehead atoms. The van der Waals surface area contributed by atoms with Gasteiger partial charge in [0.15, 0.2) is 0 Å². The second-order valence-corrected chi connectivity index (χ2v) is 3.89. The zero-order valence-electron chi connectivity index (χ0n) is 7.04. The van der Waals surface area contributed by atoms with E-state index in [1.165, 1.54) is 16.1 Å². The van der Waals surface area contributed by atoms with Crippen molar-refractivity contribution in [1.29, 1.82) is 0 Å². The zero-order valence-corrected chi connectivity index (χ0v) is 8.04. The number of rotatable bonds is 1. The highest BCUT2D eigenvalue weighted by Gasteiger charge is 1.92. The lowest BCUT2D eigenvalue weighted by atomic mass is 10.1. The lowest BCUT2D eigenvalue weighted by molar-refractivity contribution is 1.78. The topological polar surface area (TPSA) is 0 Å². The predicted octanol–water partition coefficient (Wildman–Crippen LogP) is 2.77. The highest BCUT2D eigenvalue weighted by molar-refractivity contribution is 7.46. The van der Waals surface area contributed by atoms with Crippen LogP contribution in [0.1, 0.15) is 0 Å². The smallest absolute Gasteiger partial charge is 0.0178 e. The molecule has 12 heavy (non-hydrogen) atoms. The fraction of sp³-hybridized carbons (Fsp3) is 0.0909. The van der Waals surface area contributed by atoms with E-state index in [2.05, 4.69) is 49.1 Å². The summed E-state index contributed by atoms with van der Waals surface area (Å²) in [6.45, 7) is 2.21. The van der Waals surface area contributed by atoms with Crippen LogP contribution in [0.5, 0.6) is 0 Å². The molecule has 0 aliphatic heterocycles. The van der Waals surface area contributed by atoms with Crippen molar-refractivity contribution in [3.8, 4) is 0 Å². The third-order valence-electron chi connectivity index (χ3n) is 2.04. The Kier molecular flexibility index (Phi) is 2.10. The summed E-state index contributed by atoms with van der Waals surface area (Å²) in [6.07, 6.45) is 0. The molecule has 0 fully saturated rings. The molecule has 2 rings (SSSR count). The number of hydrogen-bond acceptors (Lipinski definition) is 0. The molecule has 0 N–H and O–H groups in total. The van der Waals surface area contributed by atoms with E-state index in [-0.39, 0.29) is 0 Å². The van der Waals surface area contributed by atoms with Gasteiger partial charge < -0.3 is 0 Å². The second-order valence-electron chi connectivity index (χ2n) is 2.81. The summed E-state index contributed by atoms with van der Waals surface area (Å²) in [5, 5.41) is 4.12. The quantitative estimate of drug-likeness (QED) is 0.583. The molecule has 0 saturated heterocycles. The Hall–Kier alpha value is -0.870. The first-order chi connectivity index (χ1) is 5.90. The Labute approximate surface area is 74.4 Å². The van der Waals surface area contributed by atoms with Crippen molar-refractivity contribution in [1.82, 2.24) is 0 Å². The third-order valence-corrected chi connectivity index (χ3v) is 2.93. The average Bonchev–Trinajstić information content (AvgIpc) is 2.17. The van der Waals surface area contributed by atoms with Gasteiger partial charge in [-0.2, -0.15) is 0 Å². The van der Waals surface area contributed by atoms with Gasteiger partial charge in [0.25, 0.3) is 0 Å². The van der Waals surface area contributed by atoms with Crippen LogP contribution in [-0.4, -0.2) is 6.66 Å². The first kappa shape index (κ1) is 7.76. The molecule has 0 spiro atoms. The molecule has 60 valence electrons. The second kappa shape index (κ2) is 3.25. The molecular formula is C11H11P. The van der Waals surface area contributed by atoms with Crippen LogP contribution in [0.15, 0.2) is 42.5 Å². The third kappa shape index (κ3) is 1.35. The van der Waals surface area contributed by atoms with Gasteiger partial charge in [-0.25, -0.2) is 0 Å². The monoisotopic (exact) mass is 174 g/mol. The summed E-state index contributed by atoms with van der Waals surface area (Å²) in [6, 6.07) is 15.2. The van der Waals surface area contributed by atoms with Crippen LogP contribution in [0.4, 0.5) is 0 Å². The van der Waals surface area contributed by atoms with Crippen molar-refractivity contribution < 1.29 is 0 Å². The molecule has 0 amide bonds. The van der Waals surface area contributed by atoms with E-state index in [0.717, 1.165) is 8.58 Å². The molecule has 0 aliphatic rings. The van der Waals surface area contributed by atoms with Gasteiger partial charge in [-0.1, -0.05) is 45.0 Å². The van der Waals surface area contributed by atoms with Crippen molar-refractivity contribution in [3.63, 3.8) is 0 Å². The lowest BCUT2D eigenvalue weighted by Gasteiger charge is -1.99. The minimum Gasteiger partial charge on any atom is -0.0936 e. The Morgan fingerprint density at radius 3 is 2.42 bits per heavy atom. The van der Waals surface area contributed by atoms with Gasteiger partial charge >= 0.3 is 0 Å². The summed E-state index contributed by atoms with van der Waals surface area (Å²) in [5.74, 6) is 0. The van der Waals surface area contributed by atoms with Crippen molar-refractivity contribution >= 4 is 24.7 Å². The largest absolute Gasteiger partial charge is 0.0936 e. The Morgan fingerprint density at radius 2 is 1.67 bits per heavy atom. The molecule has 0 saturated carbocycles. The maximum Gasteiger partial charge on any atom is -0.0178 e. The first-order valence-corrected chi connectivity index (χ1v) is 5.57. The van der Waals surface area contributed by atoms with Crippen LogP contribution in [0, 0.1) is 0 Å². The van der Waals surface area contributed by atoms with Crippen molar-refractivity contribution in [3.05, 3.63) is 42.5 Å². The minimum absolute atomic E-state index is 0.893. The zero-order chi connectivity index (χ0) is 8.39. The van der Waals surface area contributed by atoms with Gasteiger partial charge in [0.2, 0.25) is 0 Å². The summed E-state index contributed by atoms with van der Waals surface area (Å²) >= 11 is 0. The predicted molar refractivity (Wildman–Crippen MR) is 57.8 cm³/mol. The fourth-order valence-corrected chi connectivity index (χ4v) is 1.89. The van der Waals surface area contributed by atoms with E-state index in [1.807, 2.05) is 0 Å². The Balaban J connectivity index is 2.67.